The number of allylic oxidation sites excluding steroid dienone is 4. The summed E-state index contributed by atoms with van der Waals surface area (Å²) in [6.07, 6.45) is 70.4. The van der Waals surface area contributed by atoms with Gasteiger partial charge in [0.05, 0.1) is 6.61 Å². The summed E-state index contributed by atoms with van der Waals surface area (Å²) in [4.78, 5) is 12.0. The molecule has 0 N–H and O–H groups in total. The Labute approximate surface area is 348 Å². The van der Waals surface area contributed by atoms with E-state index < -0.39 is 0 Å². The number of hydrogen-bond acceptors (Lipinski definition) is 2. The first-order valence-corrected chi connectivity index (χ1v) is 25.8. The van der Waals surface area contributed by atoms with Gasteiger partial charge in [-0.1, -0.05) is 276 Å². The maximum atomic E-state index is 12.0. The molecule has 2 heteroatoms. The van der Waals surface area contributed by atoms with E-state index in [2.05, 4.69) is 38.2 Å². The molecule has 0 radical (unpaired) electrons. The molecule has 2 nitrogen and oxygen atoms in total. The van der Waals surface area contributed by atoms with Gasteiger partial charge in [-0.15, -0.1) is 0 Å². The molecule has 0 atom stereocenters. The summed E-state index contributed by atoms with van der Waals surface area (Å²) in [6.45, 7) is 5.19. The predicted molar refractivity (Wildman–Crippen MR) is 248 cm³/mol. The van der Waals surface area contributed by atoms with Crippen LogP contribution >= 0.6 is 0 Å². The molecule has 326 valence electrons. The Morgan fingerprint density at radius 2 is 0.564 bits per heavy atom. The Morgan fingerprint density at radius 1 is 0.309 bits per heavy atom. The molecular formula is C53H102O2. The summed E-state index contributed by atoms with van der Waals surface area (Å²) >= 11 is 0. The van der Waals surface area contributed by atoms with Crippen molar-refractivity contribution in [1.82, 2.24) is 0 Å². The molecule has 0 aromatic carbocycles. The van der Waals surface area contributed by atoms with Gasteiger partial charge in [0.15, 0.2) is 0 Å². The van der Waals surface area contributed by atoms with Crippen molar-refractivity contribution < 1.29 is 9.53 Å². The van der Waals surface area contributed by atoms with E-state index >= 15 is 0 Å². The first kappa shape index (κ1) is 53.9. The Balaban J connectivity index is 3.17. The van der Waals surface area contributed by atoms with Gasteiger partial charge in [0, 0.05) is 6.42 Å². The zero-order valence-corrected chi connectivity index (χ0v) is 38.2. The molecule has 0 rings (SSSR count). The minimum absolute atomic E-state index is 0.0215. The molecular weight excluding hydrogens is 669 g/mol. The third kappa shape index (κ3) is 50.9. The first-order valence-electron chi connectivity index (χ1n) is 25.8. The number of carbonyl (C=O) groups is 1. The molecule has 0 aliphatic carbocycles. The van der Waals surface area contributed by atoms with Crippen molar-refractivity contribution in [2.24, 2.45) is 0 Å². The molecule has 0 saturated carbocycles. The molecule has 0 aromatic rings. The van der Waals surface area contributed by atoms with Crippen LogP contribution < -0.4 is 0 Å². The van der Waals surface area contributed by atoms with Crippen molar-refractivity contribution in [2.45, 2.75) is 303 Å². The van der Waals surface area contributed by atoms with Crippen LogP contribution in [0.2, 0.25) is 0 Å². The van der Waals surface area contributed by atoms with Crippen LogP contribution in [0.15, 0.2) is 24.3 Å². The summed E-state index contributed by atoms with van der Waals surface area (Å²) in [5.41, 5.74) is 0. The fourth-order valence-electron chi connectivity index (χ4n) is 7.99. The summed E-state index contributed by atoms with van der Waals surface area (Å²) in [6, 6.07) is 0. The van der Waals surface area contributed by atoms with E-state index in [0.717, 1.165) is 19.3 Å². The number of ether oxygens (including phenoxy) is 1. The average Bonchev–Trinajstić information content (AvgIpc) is 3.19. The highest BCUT2D eigenvalue weighted by molar-refractivity contribution is 5.69. The monoisotopic (exact) mass is 771 g/mol. The van der Waals surface area contributed by atoms with Gasteiger partial charge in [0.2, 0.25) is 0 Å². The maximum Gasteiger partial charge on any atom is 0.305 e. The lowest BCUT2D eigenvalue weighted by Gasteiger charge is -2.06. The summed E-state index contributed by atoms with van der Waals surface area (Å²) < 4.78 is 5.48. The van der Waals surface area contributed by atoms with Gasteiger partial charge in [-0.2, -0.15) is 0 Å². The van der Waals surface area contributed by atoms with Crippen molar-refractivity contribution in [3.05, 3.63) is 24.3 Å². The number of esters is 1. The average molecular weight is 771 g/mol. The molecule has 0 saturated heterocycles. The van der Waals surface area contributed by atoms with E-state index in [4.69, 9.17) is 4.74 Å². The fourth-order valence-corrected chi connectivity index (χ4v) is 7.99. The highest BCUT2D eigenvalue weighted by Gasteiger charge is 2.03. The Hall–Kier alpha value is -1.05. The van der Waals surface area contributed by atoms with Gasteiger partial charge < -0.3 is 4.74 Å². The van der Waals surface area contributed by atoms with Crippen LogP contribution in [0.1, 0.15) is 303 Å². The SMILES string of the molecule is CCCCC/C=C\C/C=C/CCCCCCCCOC(=O)CCCCCCCCCCCCCCCCCCCCCCCCCCCCCCCCCC. The molecule has 0 unspecified atom stereocenters. The van der Waals surface area contributed by atoms with Crippen LogP contribution in [0.25, 0.3) is 0 Å². The van der Waals surface area contributed by atoms with Crippen molar-refractivity contribution in [1.29, 1.82) is 0 Å². The van der Waals surface area contributed by atoms with Crippen LogP contribution in [-0.2, 0) is 9.53 Å². The third-order valence-corrected chi connectivity index (χ3v) is 11.8. The Bertz CT molecular complexity index is 754. The van der Waals surface area contributed by atoms with Gasteiger partial charge >= 0.3 is 5.97 Å². The summed E-state index contributed by atoms with van der Waals surface area (Å²) in [5.74, 6) is 0.0215. The number of carbonyl (C=O) groups excluding carboxylic acids is 1. The number of hydrogen-bond donors (Lipinski definition) is 0. The highest BCUT2D eigenvalue weighted by Crippen LogP contribution is 2.17. The first-order chi connectivity index (χ1) is 27.3. The predicted octanol–water partition coefficient (Wildman–Crippen LogP) is 19.2. The zero-order chi connectivity index (χ0) is 39.6. The van der Waals surface area contributed by atoms with Crippen molar-refractivity contribution >= 4 is 5.97 Å². The number of rotatable bonds is 48. The molecule has 55 heavy (non-hydrogen) atoms. The number of unbranched alkanes of at least 4 members (excludes halogenated alkanes) is 40. The second-order valence-electron chi connectivity index (χ2n) is 17.5. The fraction of sp³-hybridized carbons (Fsp3) is 0.906. The molecule has 0 fully saturated rings. The van der Waals surface area contributed by atoms with Crippen LogP contribution in [0.3, 0.4) is 0 Å². The molecule has 0 aromatic heterocycles. The van der Waals surface area contributed by atoms with Crippen LogP contribution in [0.5, 0.6) is 0 Å². The van der Waals surface area contributed by atoms with Gasteiger partial charge in [-0.25, -0.2) is 0 Å². The second-order valence-corrected chi connectivity index (χ2v) is 17.5. The quantitative estimate of drug-likeness (QED) is 0.0350. The van der Waals surface area contributed by atoms with Crippen molar-refractivity contribution in [2.75, 3.05) is 6.61 Å². The topological polar surface area (TPSA) is 26.3 Å². The van der Waals surface area contributed by atoms with E-state index in [0.29, 0.717) is 13.0 Å². The van der Waals surface area contributed by atoms with E-state index in [-0.39, 0.29) is 5.97 Å². The van der Waals surface area contributed by atoms with E-state index in [1.807, 2.05) is 0 Å². The minimum atomic E-state index is 0.0215. The van der Waals surface area contributed by atoms with Crippen LogP contribution in [-0.4, -0.2) is 12.6 Å². The van der Waals surface area contributed by atoms with Gasteiger partial charge in [-0.3, -0.25) is 4.79 Å². The molecule has 0 aliphatic rings. The van der Waals surface area contributed by atoms with Crippen LogP contribution in [0, 0.1) is 0 Å². The molecule has 0 aliphatic heterocycles. The molecule has 0 amide bonds. The van der Waals surface area contributed by atoms with Crippen molar-refractivity contribution in [3.8, 4) is 0 Å². The lowest BCUT2D eigenvalue weighted by Crippen LogP contribution is -2.05. The van der Waals surface area contributed by atoms with Crippen LogP contribution in [0.4, 0.5) is 0 Å². The normalized spacial score (nSPS) is 11.8. The highest BCUT2D eigenvalue weighted by atomic mass is 16.5. The maximum absolute atomic E-state index is 12.0. The van der Waals surface area contributed by atoms with E-state index in [9.17, 15) is 4.79 Å². The van der Waals surface area contributed by atoms with E-state index in [1.54, 1.807) is 0 Å². The van der Waals surface area contributed by atoms with Crippen molar-refractivity contribution in [3.63, 3.8) is 0 Å². The lowest BCUT2D eigenvalue weighted by atomic mass is 10.0. The molecule has 0 bridgehead atoms. The molecule has 0 spiro atoms. The van der Waals surface area contributed by atoms with E-state index in [1.165, 1.54) is 263 Å². The summed E-state index contributed by atoms with van der Waals surface area (Å²) in [5, 5.41) is 0. The standard InChI is InChI=1S/C53H102O2/c1-3-5-7-9-11-13-15-17-19-21-22-23-24-25-26-27-28-29-30-31-32-33-34-35-36-37-39-41-43-45-47-49-51-53(54)55-52-50-48-46-44-42-40-38-20-18-16-14-12-10-8-6-4-2/h12,14,18,20H,3-11,13,15-17,19,21-52H2,1-2H3/b14-12-,20-18+. The van der Waals surface area contributed by atoms with Gasteiger partial charge in [-0.05, 0) is 44.9 Å². The Kier molecular flexibility index (Phi) is 50.0. The second kappa shape index (κ2) is 51.0. The minimum Gasteiger partial charge on any atom is -0.466 e. The van der Waals surface area contributed by atoms with Gasteiger partial charge in [0.25, 0.3) is 0 Å². The van der Waals surface area contributed by atoms with Gasteiger partial charge in [0.1, 0.15) is 0 Å². The summed E-state index contributed by atoms with van der Waals surface area (Å²) in [7, 11) is 0. The zero-order valence-electron chi connectivity index (χ0n) is 38.2. The molecule has 0 heterocycles. The lowest BCUT2D eigenvalue weighted by molar-refractivity contribution is -0.143. The smallest absolute Gasteiger partial charge is 0.305 e. The Morgan fingerprint density at radius 3 is 0.909 bits per heavy atom. The largest absolute Gasteiger partial charge is 0.466 e. The third-order valence-electron chi connectivity index (χ3n) is 11.8.